The number of aromatic nitrogens is 1. The third-order valence-corrected chi connectivity index (χ3v) is 5.48. The Kier molecular flexibility index (Phi) is 6.72. The van der Waals surface area contributed by atoms with E-state index in [1.165, 1.54) is 6.07 Å². The summed E-state index contributed by atoms with van der Waals surface area (Å²) in [5, 5.41) is 17.8. The van der Waals surface area contributed by atoms with E-state index in [0.717, 1.165) is 31.6 Å². The van der Waals surface area contributed by atoms with Crippen LogP contribution in [0.2, 0.25) is 0 Å². The Balaban J connectivity index is 1.34. The van der Waals surface area contributed by atoms with Gasteiger partial charge in [0.05, 0.1) is 11.5 Å². The molecule has 8 nitrogen and oxygen atoms in total. The first-order valence-corrected chi connectivity index (χ1v) is 10.6. The minimum atomic E-state index is -0.405. The van der Waals surface area contributed by atoms with Gasteiger partial charge in [0.2, 0.25) is 5.91 Å². The molecule has 164 valence electrons. The molecule has 0 unspecified atom stereocenters. The van der Waals surface area contributed by atoms with Crippen molar-refractivity contribution in [3.8, 4) is 11.3 Å². The van der Waals surface area contributed by atoms with E-state index in [1.807, 2.05) is 60.7 Å². The third kappa shape index (κ3) is 5.47. The first-order chi connectivity index (χ1) is 15.6. The maximum absolute atomic E-state index is 12.3. The summed E-state index contributed by atoms with van der Waals surface area (Å²) in [6.07, 6.45) is 1.72. The lowest BCUT2D eigenvalue weighted by Gasteiger charge is -2.32. The number of likely N-dealkylation sites (tertiary alicyclic amines) is 1. The van der Waals surface area contributed by atoms with Crippen molar-refractivity contribution < 1.29 is 9.72 Å². The minimum Gasteiger partial charge on any atom is -0.367 e. The number of amides is 1. The fraction of sp³-hybridized carbons (Fsp3) is 0.250. The van der Waals surface area contributed by atoms with Gasteiger partial charge in [-0.05, 0) is 31.0 Å². The van der Waals surface area contributed by atoms with Crippen molar-refractivity contribution in [2.24, 2.45) is 0 Å². The topological polar surface area (TPSA) is 100 Å². The van der Waals surface area contributed by atoms with Crippen LogP contribution in [0.5, 0.6) is 0 Å². The van der Waals surface area contributed by atoms with Gasteiger partial charge in [-0.3, -0.25) is 19.8 Å². The van der Waals surface area contributed by atoms with Crippen LogP contribution in [-0.2, 0) is 4.79 Å². The van der Waals surface area contributed by atoms with Crippen LogP contribution < -0.4 is 10.6 Å². The van der Waals surface area contributed by atoms with Gasteiger partial charge in [0.1, 0.15) is 5.82 Å². The number of para-hydroxylation sites is 1. The molecule has 3 aromatic rings. The monoisotopic (exact) mass is 431 g/mol. The number of nitrogens with zero attached hydrogens (tertiary/aromatic N) is 3. The molecule has 0 radical (unpaired) electrons. The SMILES string of the molecule is O=C(CN1CCC(Nc2ccc([N+](=O)[O-])c(-c3ccccc3)n2)CC1)Nc1ccccc1. The molecule has 2 N–H and O–H groups in total. The first kappa shape index (κ1) is 21.5. The molecular weight excluding hydrogens is 406 g/mol. The number of hydrogen-bond acceptors (Lipinski definition) is 6. The standard InChI is InChI=1S/C24H25N5O3/c30-23(26-19-9-5-2-6-10-19)17-28-15-13-20(14-16-28)25-22-12-11-21(29(31)32)24(27-22)18-7-3-1-4-8-18/h1-12,20H,13-17H2,(H,25,27)(H,26,30). The lowest BCUT2D eigenvalue weighted by molar-refractivity contribution is -0.384. The van der Waals surface area contributed by atoms with Crippen LogP contribution >= 0.6 is 0 Å². The van der Waals surface area contributed by atoms with Crippen LogP contribution in [0.15, 0.2) is 72.8 Å². The number of carbonyl (C=O) groups excluding carboxylic acids is 1. The van der Waals surface area contributed by atoms with Gasteiger partial charge in [0.15, 0.2) is 5.69 Å². The number of carbonyl (C=O) groups is 1. The maximum atomic E-state index is 12.3. The summed E-state index contributed by atoms with van der Waals surface area (Å²) in [6, 6.07) is 22.0. The molecule has 1 fully saturated rings. The van der Waals surface area contributed by atoms with E-state index >= 15 is 0 Å². The fourth-order valence-electron chi connectivity index (χ4n) is 3.86. The Bertz CT molecular complexity index is 1070. The molecular formula is C24H25N5O3. The van der Waals surface area contributed by atoms with Crippen molar-refractivity contribution in [1.82, 2.24) is 9.88 Å². The molecule has 1 aliphatic rings. The summed E-state index contributed by atoms with van der Waals surface area (Å²) >= 11 is 0. The van der Waals surface area contributed by atoms with Gasteiger partial charge in [0.25, 0.3) is 5.69 Å². The van der Waals surface area contributed by atoms with Gasteiger partial charge >= 0.3 is 0 Å². The second kappa shape index (κ2) is 10.0. The zero-order valence-corrected chi connectivity index (χ0v) is 17.6. The molecule has 0 spiro atoms. The number of piperidine rings is 1. The normalized spacial score (nSPS) is 14.6. The average Bonchev–Trinajstić information content (AvgIpc) is 2.81. The van der Waals surface area contributed by atoms with E-state index in [1.54, 1.807) is 6.07 Å². The van der Waals surface area contributed by atoms with Gasteiger partial charge < -0.3 is 10.6 Å². The quantitative estimate of drug-likeness (QED) is 0.430. The van der Waals surface area contributed by atoms with Gasteiger partial charge in [-0.2, -0.15) is 0 Å². The highest BCUT2D eigenvalue weighted by atomic mass is 16.6. The highest BCUT2D eigenvalue weighted by Gasteiger charge is 2.23. The Labute approximate surface area is 186 Å². The zero-order valence-electron chi connectivity index (χ0n) is 17.6. The molecule has 1 aromatic heterocycles. The largest absolute Gasteiger partial charge is 0.367 e. The average molecular weight is 431 g/mol. The molecule has 32 heavy (non-hydrogen) atoms. The van der Waals surface area contributed by atoms with E-state index in [4.69, 9.17) is 0 Å². The van der Waals surface area contributed by atoms with E-state index in [2.05, 4.69) is 20.5 Å². The molecule has 1 aliphatic heterocycles. The van der Waals surface area contributed by atoms with Gasteiger partial charge in [-0.25, -0.2) is 4.98 Å². The molecule has 1 amide bonds. The van der Waals surface area contributed by atoms with Crippen LogP contribution in [0.4, 0.5) is 17.2 Å². The van der Waals surface area contributed by atoms with Crippen LogP contribution in [-0.4, -0.2) is 46.4 Å². The summed E-state index contributed by atoms with van der Waals surface area (Å²) in [5.41, 5.74) is 1.85. The van der Waals surface area contributed by atoms with E-state index in [9.17, 15) is 14.9 Å². The Morgan fingerprint density at radius 3 is 2.31 bits per heavy atom. The molecule has 0 atom stereocenters. The van der Waals surface area contributed by atoms with Gasteiger partial charge in [0, 0.05) is 36.4 Å². The Hall–Kier alpha value is -3.78. The number of anilines is 2. The molecule has 0 saturated carbocycles. The molecule has 0 aliphatic carbocycles. The number of hydrogen-bond donors (Lipinski definition) is 2. The number of rotatable bonds is 7. The van der Waals surface area contributed by atoms with Gasteiger partial charge in [-0.15, -0.1) is 0 Å². The van der Waals surface area contributed by atoms with Crippen molar-refractivity contribution in [1.29, 1.82) is 0 Å². The van der Waals surface area contributed by atoms with Crippen molar-refractivity contribution >= 4 is 23.1 Å². The lowest BCUT2D eigenvalue weighted by Crippen LogP contribution is -2.42. The highest BCUT2D eigenvalue weighted by molar-refractivity contribution is 5.92. The zero-order chi connectivity index (χ0) is 22.3. The number of pyridine rings is 1. The number of nitrogens with one attached hydrogen (secondary N) is 2. The summed E-state index contributed by atoms with van der Waals surface area (Å²) in [4.78, 5) is 30.0. The Morgan fingerprint density at radius 2 is 1.66 bits per heavy atom. The molecule has 4 rings (SSSR count). The van der Waals surface area contributed by atoms with E-state index < -0.39 is 4.92 Å². The van der Waals surface area contributed by atoms with Gasteiger partial charge in [-0.1, -0.05) is 48.5 Å². The van der Waals surface area contributed by atoms with Crippen LogP contribution in [0, 0.1) is 10.1 Å². The lowest BCUT2D eigenvalue weighted by atomic mass is 10.0. The number of nitro groups is 1. The summed E-state index contributed by atoms with van der Waals surface area (Å²) in [7, 11) is 0. The van der Waals surface area contributed by atoms with Crippen LogP contribution in [0.1, 0.15) is 12.8 Å². The smallest absolute Gasteiger partial charge is 0.295 e. The predicted molar refractivity (Wildman–Crippen MR) is 124 cm³/mol. The molecule has 0 bridgehead atoms. The Morgan fingerprint density at radius 1 is 1.00 bits per heavy atom. The summed E-state index contributed by atoms with van der Waals surface area (Å²) in [5.74, 6) is 0.599. The molecule has 1 saturated heterocycles. The summed E-state index contributed by atoms with van der Waals surface area (Å²) in [6.45, 7) is 1.94. The van der Waals surface area contributed by atoms with E-state index in [-0.39, 0.29) is 17.6 Å². The van der Waals surface area contributed by atoms with Crippen molar-refractivity contribution in [3.63, 3.8) is 0 Å². The minimum absolute atomic E-state index is 0.0130. The summed E-state index contributed by atoms with van der Waals surface area (Å²) < 4.78 is 0. The van der Waals surface area contributed by atoms with Crippen LogP contribution in [0.25, 0.3) is 11.3 Å². The van der Waals surface area contributed by atoms with Crippen molar-refractivity contribution in [2.75, 3.05) is 30.3 Å². The third-order valence-electron chi connectivity index (χ3n) is 5.48. The van der Waals surface area contributed by atoms with Crippen molar-refractivity contribution in [2.45, 2.75) is 18.9 Å². The highest BCUT2D eigenvalue weighted by Crippen LogP contribution is 2.29. The second-order valence-corrected chi connectivity index (χ2v) is 7.80. The predicted octanol–water partition coefficient (Wildman–Crippen LogP) is 4.17. The number of benzene rings is 2. The maximum Gasteiger partial charge on any atom is 0.295 e. The first-order valence-electron chi connectivity index (χ1n) is 10.6. The molecule has 2 heterocycles. The fourth-order valence-corrected chi connectivity index (χ4v) is 3.86. The van der Waals surface area contributed by atoms with Crippen molar-refractivity contribution in [3.05, 3.63) is 82.9 Å². The second-order valence-electron chi connectivity index (χ2n) is 7.80. The molecule has 2 aromatic carbocycles. The molecule has 8 heteroatoms. The van der Waals surface area contributed by atoms with Crippen LogP contribution in [0.3, 0.4) is 0 Å². The van der Waals surface area contributed by atoms with E-state index in [0.29, 0.717) is 23.6 Å².